The van der Waals surface area contributed by atoms with Gasteiger partial charge in [0.25, 0.3) is 5.91 Å². The zero-order chi connectivity index (χ0) is 17.1. The fourth-order valence-electron chi connectivity index (χ4n) is 3.51. The Morgan fingerprint density at radius 2 is 2.12 bits per heavy atom. The molecule has 2 unspecified atom stereocenters. The highest BCUT2D eigenvalue weighted by Gasteiger charge is 2.37. The number of nitrogens with one attached hydrogen (secondary N) is 1. The number of nitrogens with zero attached hydrogens (tertiary/aromatic N) is 2. The number of hydrogen-bond acceptors (Lipinski definition) is 6. The summed E-state index contributed by atoms with van der Waals surface area (Å²) >= 11 is 0. The highest BCUT2D eigenvalue weighted by atomic mass is 35.5. The van der Waals surface area contributed by atoms with Crippen LogP contribution in [-0.4, -0.2) is 54.6 Å². The average molecular weight is 372 g/mol. The first-order chi connectivity index (χ1) is 11.6. The van der Waals surface area contributed by atoms with Gasteiger partial charge in [-0.25, -0.2) is 0 Å². The fourth-order valence-corrected chi connectivity index (χ4v) is 3.51. The molecule has 2 atom stereocenters. The van der Waals surface area contributed by atoms with Crippen LogP contribution in [0.15, 0.2) is 18.2 Å². The van der Waals surface area contributed by atoms with E-state index in [1.807, 2.05) is 4.90 Å². The Morgan fingerprint density at radius 1 is 1.36 bits per heavy atom. The van der Waals surface area contributed by atoms with E-state index < -0.39 is 4.92 Å². The second-order valence-corrected chi connectivity index (χ2v) is 6.06. The van der Waals surface area contributed by atoms with Gasteiger partial charge >= 0.3 is 5.69 Å². The van der Waals surface area contributed by atoms with E-state index in [0.29, 0.717) is 5.75 Å². The van der Waals surface area contributed by atoms with Crippen molar-refractivity contribution in [2.45, 2.75) is 31.3 Å². The van der Waals surface area contributed by atoms with Crippen molar-refractivity contribution < 1.29 is 19.2 Å². The summed E-state index contributed by atoms with van der Waals surface area (Å²) < 4.78 is 10.6. The molecule has 0 aliphatic carbocycles. The zero-order valence-electron chi connectivity index (χ0n) is 14.0. The predicted octanol–water partition coefficient (Wildman–Crippen LogP) is 1.76. The molecule has 9 heteroatoms. The van der Waals surface area contributed by atoms with Gasteiger partial charge in [0.05, 0.1) is 12.0 Å². The van der Waals surface area contributed by atoms with Crippen LogP contribution in [0.5, 0.6) is 11.5 Å². The maximum absolute atomic E-state index is 12.5. The predicted molar refractivity (Wildman–Crippen MR) is 93.5 cm³/mol. The van der Waals surface area contributed by atoms with Crippen LogP contribution in [0.25, 0.3) is 0 Å². The van der Waals surface area contributed by atoms with Gasteiger partial charge < -0.3 is 19.7 Å². The molecule has 2 aliphatic rings. The fraction of sp³-hybridized carbons (Fsp3) is 0.562. The molecule has 2 bridgehead atoms. The number of hydrogen-bond donors (Lipinski definition) is 1. The van der Waals surface area contributed by atoms with Gasteiger partial charge in [0.1, 0.15) is 5.75 Å². The molecule has 0 saturated carbocycles. The number of nitro groups is 1. The van der Waals surface area contributed by atoms with Crippen LogP contribution in [0.1, 0.15) is 19.3 Å². The third kappa shape index (κ3) is 4.13. The SMILES string of the molecule is COc1cc(OCC(=O)N2C3CCNCC2CC3)ccc1[N+](=O)[O-].Cl. The van der Waals surface area contributed by atoms with Crippen molar-refractivity contribution in [3.63, 3.8) is 0 Å². The molecule has 0 radical (unpaired) electrons. The van der Waals surface area contributed by atoms with Gasteiger partial charge in [-0.2, -0.15) is 0 Å². The second-order valence-electron chi connectivity index (χ2n) is 6.06. The highest BCUT2D eigenvalue weighted by Crippen LogP contribution is 2.31. The minimum absolute atomic E-state index is 0. The third-order valence-corrected chi connectivity index (χ3v) is 4.65. The Morgan fingerprint density at radius 3 is 2.84 bits per heavy atom. The minimum atomic E-state index is -0.518. The number of nitro benzene ring substituents is 1. The van der Waals surface area contributed by atoms with Crippen molar-refractivity contribution in [1.82, 2.24) is 10.2 Å². The summed E-state index contributed by atoms with van der Waals surface area (Å²) in [5.41, 5.74) is -0.132. The molecule has 1 amide bonds. The first-order valence-electron chi connectivity index (χ1n) is 8.07. The van der Waals surface area contributed by atoms with Gasteiger partial charge in [-0.05, 0) is 31.9 Å². The molecule has 8 nitrogen and oxygen atoms in total. The van der Waals surface area contributed by atoms with E-state index >= 15 is 0 Å². The van der Waals surface area contributed by atoms with Crippen LogP contribution in [0, 0.1) is 10.1 Å². The van der Waals surface area contributed by atoms with Gasteiger partial charge in [-0.1, -0.05) is 0 Å². The van der Waals surface area contributed by atoms with Crippen molar-refractivity contribution in [2.24, 2.45) is 0 Å². The topological polar surface area (TPSA) is 93.9 Å². The molecule has 1 N–H and O–H groups in total. The Kier molecular flexibility index (Phi) is 6.44. The number of ether oxygens (including phenoxy) is 2. The van der Waals surface area contributed by atoms with Crippen molar-refractivity contribution in [3.8, 4) is 11.5 Å². The van der Waals surface area contributed by atoms with Gasteiger partial charge in [-0.15, -0.1) is 12.4 Å². The molecule has 0 aromatic heterocycles. The van der Waals surface area contributed by atoms with E-state index in [2.05, 4.69) is 5.32 Å². The molecule has 2 fully saturated rings. The molecule has 1 aromatic carbocycles. The van der Waals surface area contributed by atoms with Crippen LogP contribution >= 0.6 is 12.4 Å². The van der Waals surface area contributed by atoms with E-state index in [4.69, 9.17) is 9.47 Å². The minimum Gasteiger partial charge on any atom is -0.490 e. The Labute approximate surface area is 152 Å². The summed E-state index contributed by atoms with van der Waals surface area (Å²) in [6.45, 7) is 1.69. The Bertz CT molecular complexity index is 628. The number of rotatable bonds is 5. The molecule has 25 heavy (non-hydrogen) atoms. The first-order valence-corrected chi connectivity index (χ1v) is 8.07. The third-order valence-electron chi connectivity index (χ3n) is 4.65. The molecule has 2 saturated heterocycles. The van der Waals surface area contributed by atoms with E-state index in [9.17, 15) is 14.9 Å². The maximum atomic E-state index is 12.5. The second kappa shape index (κ2) is 8.35. The number of carbonyl (C=O) groups is 1. The monoisotopic (exact) mass is 371 g/mol. The lowest BCUT2D eigenvalue weighted by Gasteiger charge is -2.27. The zero-order valence-corrected chi connectivity index (χ0v) is 14.8. The van der Waals surface area contributed by atoms with Gasteiger partial charge in [0.2, 0.25) is 5.75 Å². The van der Waals surface area contributed by atoms with Crippen molar-refractivity contribution in [3.05, 3.63) is 28.3 Å². The number of methoxy groups -OCH3 is 1. The Hall–Kier alpha value is -2.06. The van der Waals surface area contributed by atoms with E-state index in [1.54, 1.807) is 0 Å². The standard InChI is InChI=1S/C16H21N3O5.ClH/c1-23-15-8-13(4-5-14(15)19(21)22)24-10-16(20)18-11-2-3-12(18)9-17-7-6-11;/h4-5,8,11-12,17H,2-3,6-7,9-10H2,1H3;1H. The van der Waals surface area contributed by atoms with E-state index in [0.717, 1.165) is 32.4 Å². The van der Waals surface area contributed by atoms with Gasteiger partial charge in [0.15, 0.2) is 6.61 Å². The number of amides is 1. The van der Waals surface area contributed by atoms with E-state index in [1.165, 1.54) is 25.3 Å². The molecule has 2 aliphatic heterocycles. The molecular weight excluding hydrogens is 350 g/mol. The number of halogens is 1. The molecule has 1 aromatic rings. The summed E-state index contributed by atoms with van der Waals surface area (Å²) in [7, 11) is 1.36. The summed E-state index contributed by atoms with van der Waals surface area (Å²) in [5.74, 6) is 0.457. The van der Waals surface area contributed by atoms with Gasteiger partial charge in [-0.3, -0.25) is 14.9 Å². The van der Waals surface area contributed by atoms with Crippen molar-refractivity contribution >= 4 is 24.0 Å². The summed E-state index contributed by atoms with van der Waals surface area (Å²) in [6, 6.07) is 4.75. The van der Waals surface area contributed by atoms with Crippen LogP contribution in [0.3, 0.4) is 0 Å². The lowest BCUT2D eigenvalue weighted by molar-refractivity contribution is -0.385. The highest BCUT2D eigenvalue weighted by molar-refractivity contribution is 5.85. The first kappa shape index (κ1) is 19.3. The largest absolute Gasteiger partial charge is 0.490 e. The summed E-state index contributed by atoms with van der Waals surface area (Å²) in [6.07, 6.45) is 3.03. The van der Waals surface area contributed by atoms with Crippen molar-refractivity contribution in [2.75, 3.05) is 26.8 Å². The lowest BCUT2D eigenvalue weighted by Crippen LogP contribution is -2.44. The molecule has 0 spiro atoms. The number of carbonyl (C=O) groups excluding carboxylic acids is 1. The summed E-state index contributed by atoms with van der Waals surface area (Å²) in [4.78, 5) is 24.9. The normalized spacial score (nSPS) is 21.9. The van der Waals surface area contributed by atoms with E-state index in [-0.39, 0.29) is 48.4 Å². The summed E-state index contributed by atoms with van der Waals surface area (Å²) in [5, 5.41) is 14.2. The molecule has 3 rings (SSSR count). The smallest absolute Gasteiger partial charge is 0.311 e. The quantitative estimate of drug-likeness (QED) is 0.626. The van der Waals surface area contributed by atoms with Crippen LogP contribution in [-0.2, 0) is 4.79 Å². The lowest BCUT2D eigenvalue weighted by atomic mass is 10.1. The van der Waals surface area contributed by atoms with Crippen LogP contribution in [0.4, 0.5) is 5.69 Å². The number of benzene rings is 1. The van der Waals surface area contributed by atoms with Crippen LogP contribution in [0.2, 0.25) is 0 Å². The Balaban J connectivity index is 0.00000225. The van der Waals surface area contributed by atoms with Crippen LogP contribution < -0.4 is 14.8 Å². The van der Waals surface area contributed by atoms with Gasteiger partial charge in [0, 0.05) is 30.8 Å². The average Bonchev–Trinajstić information content (AvgIpc) is 2.85. The molecular formula is C16H22ClN3O5. The van der Waals surface area contributed by atoms with Crippen molar-refractivity contribution in [1.29, 1.82) is 0 Å². The maximum Gasteiger partial charge on any atom is 0.311 e. The molecule has 2 heterocycles. The number of fused-ring (bicyclic) bond motifs is 2. The molecule has 138 valence electrons.